The maximum absolute atomic E-state index is 4.61. The van der Waals surface area contributed by atoms with Gasteiger partial charge < -0.3 is 9.80 Å². The van der Waals surface area contributed by atoms with Crippen LogP contribution in [-0.4, -0.2) is 22.6 Å². The van der Waals surface area contributed by atoms with Gasteiger partial charge in [0.1, 0.15) is 18.0 Å². The lowest BCUT2D eigenvalue weighted by Crippen LogP contribution is -2.27. The van der Waals surface area contributed by atoms with E-state index in [0.29, 0.717) is 6.04 Å². The van der Waals surface area contributed by atoms with E-state index in [1.807, 2.05) is 0 Å². The van der Waals surface area contributed by atoms with Crippen molar-refractivity contribution in [2.45, 2.75) is 32.2 Å². The van der Waals surface area contributed by atoms with Gasteiger partial charge in [0.05, 0.1) is 0 Å². The van der Waals surface area contributed by atoms with E-state index in [9.17, 15) is 0 Å². The Bertz CT molecular complexity index is 952. The van der Waals surface area contributed by atoms with Crippen LogP contribution < -0.4 is 9.80 Å². The van der Waals surface area contributed by atoms with E-state index in [1.54, 1.807) is 6.33 Å². The van der Waals surface area contributed by atoms with Crippen molar-refractivity contribution < 1.29 is 0 Å². The summed E-state index contributed by atoms with van der Waals surface area (Å²) in [5.41, 5.74) is 5.34. The molecule has 5 rings (SSSR count). The third kappa shape index (κ3) is 2.45. The average Bonchev–Trinajstić information content (AvgIpc) is 3.03. The Morgan fingerprint density at radius 3 is 2.50 bits per heavy atom. The molecule has 2 aliphatic rings. The Balaban J connectivity index is 1.55. The van der Waals surface area contributed by atoms with Gasteiger partial charge in [0, 0.05) is 30.0 Å². The third-order valence-electron chi connectivity index (χ3n) is 5.48. The summed E-state index contributed by atoms with van der Waals surface area (Å²) in [7, 11) is 0. The zero-order valence-corrected chi connectivity index (χ0v) is 15.0. The SMILES string of the molecule is CC1Cc2ccccc2N1c1cc(N2CCCc3ccccc32)ncn1. The number of nitrogens with zero attached hydrogens (tertiary/aromatic N) is 4. The summed E-state index contributed by atoms with van der Waals surface area (Å²) in [6.07, 6.45) is 5.05. The minimum absolute atomic E-state index is 0.406. The van der Waals surface area contributed by atoms with Crippen LogP contribution in [-0.2, 0) is 12.8 Å². The van der Waals surface area contributed by atoms with Crippen LogP contribution in [0.4, 0.5) is 23.0 Å². The molecule has 2 aliphatic heterocycles. The molecule has 130 valence electrons. The summed E-state index contributed by atoms with van der Waals surface area (Å²) < 4.78 is 0. The Morgan fingerprint density at radius 2 is 1.62 bits per heavy atom. The summed E-state index contributed by atoms with van der Waals surface area (Å²) in [5.74, 6) is 1.97. The first-order valence-corrected chi connectivity index (χ1v) is 9.36. The highest BCUT2D eigenvalue weighted by Crippen LogP contribution is 2.39. The number of anilines is 4. The molecule has 4 nitrogen and oxygen atoms in total. The molecule has 0 spiro atoms. The molecule has 0 saturated carbocycles. The van der Waals surface area contributed by atoms with Gasteiger partial charge in [-0.15, -0.1) is 0 Å². The van der Waals surface area contributed by atoms with Gasteiger partial charge in [-0.25, -0.2) is 9.97 Å². The quantitative estimate of drug-likeness (QED) is 0.679. The molecular weight excluding hydrogens is 320 g/mol. The van der Waals surface area contributed by atoms with Crippen molar-refractivity contribution in [3.63, 3.8) is 0 Å². The van der Waals surface area contributed by atoms with Crippen LogP contribution in [0.1, 0.15) is 24.5 Å². The van der Waals surface area contributed by atoms with E-state index in [1.165, 1.54) is 22.5 Å². The van der Waals surface area contributed by atoms with Crippen molar-refractivity contribution in [1.29, 1.82) is 0 Å². The third-order valence-corrected chi connectivity index (χ3v) is 5.48. The summed E-state index contributed by atoms with van der Waals surface area (Å²) in [5, 5.41) is 0. The first-order chi connectivity index (χ1) is 12.8. The molecule has 3 aromatic rings. The fourth-order valence-electron chi connectivity index (χ4n) is 4.30. The number of rotatable bonds is 2. The van der Waals surface area contributed by atoms with Crippen LogP contribution >= 0.6 is 0 Å². The maximum Gasteiger partial charge on any atom is 0.138 e. The van der Waals surface area contributed by atoms with E-state index >= 15 is 0 Å². The first-order valence-electron chi connectivity index (χ1n) is 9.36. The van der Waals surface area contributed by atoms with E-state index < -0.39 is 0 Å². The van der Waals surface area contributed by atoms with Crippen LogP contribution in [0.2, 0.25) is 0 Å². The fraction of sp³-hybridized carbons (Fsp3) is 0.273. The first kappa shape index (κ1) is 15.4. The minimum atomic E-state index is 0.406. The van der Waals surface area contributed by atoms with Crippen LogP contribution in [0, 0.1) is 0 Å². The lowest BCUT2D eigenvalue weighted by Gasteiger charge is -2.31. The van der Waals surface area contributed by atoms with Gasteiger partial charge in [-0.3, -0.25) is 0 Å². The number of aromatic nitrogens is 2. The average molecular weight is 342 g/mol. The van der Waals surface area contributed by atoms with Gasteiger partial charge in [-0.05, 0) is 49.4 Å². The molecule has 4 heteroatoms. The molecule has 1 unspecified atom stereocenters. The summed E-state index contributed by atoms with van der Waals surface area (Å²) in [4.78, 5) is 13.9. The predicted octanol–water partition coefficient (Wildman–Crippen LogP) is 4.64. The summed E-state index contributed by atoms with van der Waals surface area (Å²) >= 11 is 0. The number of hydrogen-bond acceptors (Lipinski definition) is 4. The smallest absolute Gasteiger partial charge is 0.138 e. The Kier molecular flexibility index (Phi) is 3.63. The van der Waals surface area contributed by atoms with E-state index in [4.69, 9.17) is 0 Å². The van der Waals surface area contributed by atoms with E-state index in [2.05, 4.69) is 81.3 Å². The predicted molar refractivity (Wildman–Crippen MR) is 106 cm³/mol. The number of fused-ring (bicyclic) bond motifs is 2. The number of benzene rings is 2. The molecule has 0 fully saturated rings. The minimum Gasteiger partial charge on any atom is -0.326 e. The molecule has 2 aromatic carbocycles. The van der Waals surface area contributed by atoms with Crippen molar-refractivity contribution >= 4 is 23.0 Å². The zero-order chi connectivity index (χ0) is 17.5. The lowest BCUT2D eigenvalue weighted by molar-refractivity contribution is 0.742. The molecule has 0 aliphatic carbocycles. The maximum atomic E-state index is 4.61. The van der Waals surface area contributed by atoms with Gasteiger partial charge in [-0.1, -0.05) is 36.4 Å². The fourth-order valence-corrected chi connectivity index (χ4v) is 4.30. The number of aryl methyl sites for hydroxylation is 1. The molecule has 1 atom stereocenters. The molecule has 1 aromatic heterocycles. The van der Waals surface area contributed by atoms with Crippen molar-refractivity contribution in [3.05, 3.63) is 72.1 Å². The van der Waals surface area contributed by atoms with Crippen LogP contribution in [0.5, 0.6) is 0 Å². The largest absolute Gasteiger partial charge is 0.326 e. The topological polar surface area (TPSA) is 32.3 Å². The van der Waals surface area contributed by atoms with E-state index in [0.717, 1.165) is 37.4 Å². The molecule has 0 saturated heterocycles. The Morgan fingerprint density at radius 1 is 0.885 bits per heavy atom. The second-order valence-electron chi connectivity index (χ2n) is 7.17. The van der Waals surface area contributed by atoms with Crippen molar-refractivity contribution in [1.82, 2.24) is 9.97 Å². The normalized spacial score (nSPS) is 18.6. The molecule has 0 amide bonds. The van der Waals surface area contributed by atoms with Gasteiger partial charge >= 0.3 is 0 Å². The molecule has 26 heavy (non-hydrogen) atoms. The summed E-state index contributed by atoms with van der Waals surface area (Å²) in [6.45, 7) is 3.26. The zero-order valence-electron chi connectivity index (χ0n) is 15.0. The van der Waals surface area contributed by atoms with Crippen molar-refractivity contribution in [2.75, 3.05) is 16.3 Å². The second kappa shape index (κ2) is 6.13. The Hall–Kier alpha value is -2.88. The highest BCUT2D eigenvalue weighted by molar-refractivity contribution is 5.72. The molecule has 0 bridgehead atoms. The standard InChI is InChI=1S/C22H22N4/c1-16-13-18-8-3-5-11-20(18)26(16)22-14-21(23-15-24-22)25-12-6-9-17-7-2-4-10-19(17)25/h2-5,7-8,10-11,14-16H,6,9,12-13H2,1H3. The van der Waals surface area contributed by atoms with Crippen LogP contribution in [0.15, 0.2) is 60.9 Å². The molecule has 3 heterocycles. The second-order valence-corrected chi connectivity index (χ2v) is 7.17. The van der Waals surface area contributed by atoms with Gasteiger partial charge in [-0.2, -0.15) is 0 Å². The Labute approximate surface area is 154 Å². The van der Waals surface area contributed by atoms with Crippen LogP contribution in [0.25, 0.3) is 0 Å². The van der Waals surface area contributed by atoms with Gasteiger partial charge in [0.2, 0.25) is 0 Å². The monoisotopic (exact) mass is 342 g/mol. The van der Waals surface area contributed by atoms with Crippen LogP contribution in [0.3, 0.4) is 0 Å². The molecular formula is C22H22N4. The van der Waals surface area contributed by atoms with Gasteiger partial charge in [0.25, 0.3) is 0 Å². The highest BCUT2D eigenvalue weighted by atomic mass is 15.3. The van der Waals surface area contributed by atoms with Crippen molar-refractivity contribution in [3.8, 4) is 0 Å². The number of hydrogen-bond donors (Lipinski definition) is 0. The molecule has 0 radical (unpaired) electrons. The van der Waals surface area contributed by atoms with Gasteiger partial charge in [0.15, 0.2) is 0 Å². The van der Waals surface area contributed by atoms with E-state index in [-0.39, 0.29) is 0 Å². The molecule has 0 N–H and O–H groups in total. The number of para-hydroxylation sites is 2. The highest BCUT2D eigenvalue weighted by Gasteiger charge is 2.28. The summed E-state index contributed by atoms with van der Waals surface area (Å²) in [6, 6.07) is 19.8. The van der Waals surface area contributed by atoms with Crippen molar-refractivity contribution in [2.24, 2.45) is 0 Å². The lowest BCUT2D eigenvalue weighted by atomic mass is 10.0.